The lowest BCUT2D eigenvalue weighted by atomic mass is 10.1. The Bertz CT molecular complexity index is 1540. The van der Waals surface area contributed by atoms with Gasteiger partial charge in [-0.05, 0) is 54.4 Å². The van der Waals surface area contributed by atoms with Gasteiger partial charge in [-0.2, -0.15) is 0 Å². The quantitative estimate of drug-likeness (QED) is 0.225. The van der Waals surface area contributed by atoms with Gasteiger partial charge in [0.15, 0.2) is 0 Å². The largest absolute Gasteiger partial charge is 0.356 e. The summed E-state index contributed by atoms with van der Waals surface area (Å²) in [6, 6.07) is 18.7. The third-order valence-electron chi connectivity index (χ3n) is 5.61. The number of nitrogens with one attached hydrogen (secondary N) is 2. The Balaban J connectivity index is 1.46. The average Bonchev–Trinajstić information content (AvgIpc) is 2.87. The van der Waals surface area contributed by atoms with Crippen LogP contribution >= 0.6 is 0 Å². The molecule has 1 heterocycles. The molecular weight excluding hydrogens is 458 g/mol. The van der Waals surface area contributed by atoms with Gasteiger partial charge in [-0.3, -0.25) is 19.7 Å². The highest BCUT2D eigenvalue weighted by Gasteiger charge is 2.12. The van der Waals surface area contributed by atoms with Crippen LogP contribution in [-0.4, -0.2) is 27.3 Å². The predicted octanol–water partition coefficient (Wildman–Crippen LogP) is 3.71. The Hall–Kier alpha value is -4.97. The Morgan fingerprint density at radius 1 is 1.14 bits per heavy atom. The monoisotopic (exact) mass is 481 g/mol. The van der Waals surface area contributed by atoms with Gasteiger partial charge in [0, 0.05) is 36.5 Å². The first-order valence-electron chi connectivity index (χ1n) is 11.1. The third-order valence-corrected chi connectivity index (χ3v) is 5.61. The summed E-state index contributed by atoms with van der Waals surface area (Å²) in [7, 11) is 0. The van der Waals surface area contributed by atoms with Crippen molar-refractivity contribution in [2.24, 2.45) is 0 Å². The van der Waals surface area contributed by atoms with Crippen LogP contribution in [0.1, 0.15) is 27.3 Å². The summed E-state index contributed by atoms with van der Waals surface area (Å²) >= 11 is 0. The first kappa shape index (κ1) is 24.2. The van der Waals surface area contributed by atoms with Crippen molar-refractivity contribution in [2.75, 3.05) is 11.4 Å². The molecule has 0 aliphatic rings. The minimum Gasteiger partial charge on any atom is -0.356 e. The van der Waals surface area contributed by atoms with Crippen LogP contribution < -0.4 is 15.8 Å². The van der Waals surface area contributed by atoms with Crippen molar-refractivity contribution in [3.63, 3.8) is 0 Å². The number of rotatable bonds is 8. The molecule has 0 fully saturated rings. The van der Waals surface area contributed by atoms with E-state index in [1.54, 1.807) is 49.4 Å². The molecule has 0 atom stereocenters. The number of amides is 1. The highest BCUT2D eigenvalue weighted by Crippen LogP contribution is 2.20. The van der Waals surface area contributed by atoms with Gasteiger partial charge >= 0.3 is 0 Å². The van der Waals surface area contributed by atoms with E-state index in [9.17, 15) is 19.7 Å². The molecule has 4 aromatic rings. The van der Waals surface area contributed by atoms with Gasteiger partial charge in [-0.1, -0.05) is 24.1 Å². The fourth-order valence-electron chi connectivity index (χ4n) is 3.86. The van der Waals surface area contributed by atoms with Crippen molar-refractivity contribution < 1.29 is 9.72 Å². The molecule has 0 aliphatic carbocycles. The number of aryl methyl sites for hydroxylation is 1. The maximum atomic E-state index is 12.6. The zero-order valence-corrected chi connectivity index (χ0v) is 19.5. The fraction of sp³-hybridized carbons (Fsp3) is 0.148. The van der Waals surface area contributed by atoms with Crippen molar-refractivity contribution in [3.8, 4) is 12.3 Å². The number of aromatic nitrogens is 2. The van der Waals surface area contributed by atoms with Crippen molar-refractivity contribution in [2.45, 2.75) is 20.0 Å². The highest BCUT2D eigenvalue weighted by atomic mass is 16.6. The number of carbonyl (C=O) groups is 1. The highest BCUT2D eigenvalue weighted by molar-refractivity contribution is 5.94. The lowest BCUT2D eigenvalue weighted by molar-refractivity contribution is -0.384. The Morgan fingerprint density at radius 3 is 2.64 bits per heavy atom. The van der Waals surface area contributed by atoms with E-state index >= 15 is 0 Å². The topological polar surface area (TPSA) is 121 Å². The number of hydrogen-bond acceptors (Lipinski definition) is 6. The van der Waals surface area contributed by atoms with Crippen LogP contribution in [0.15, 0.2) is 71.5 Å². The number of hydrogen-bond donors (Lipinski definition) is 2. The summed E-state index contributed by atoms with van der Waals surface area (Å²) in [4.78, 5) is 44.4. The summed E-state index contributed by atoms with van der Waals surface area (Å²) in [5, 5.41) is 14.2. The molecule has 4 rings (SSSR count). The van der Waals surface area contributed by atoms with Crippen LogP contribution in [0, 0.1) is 29.4 Å². The second-order valence-corrected chi connectivity index (χ2v) is 8.22. The van der Waals surface area contributed by atoms with Crippen molar-refractivity contribution in [1.29, 1.82) is 0 Å². The summed E-state index contributed by atoms with van der Waals surface area (Å²) in [5.41, 5.74) is 3.21. The van der Waals surface area contributed by atoms with Gasteiger partial charge in [-0.25, -0.2) is 4.98 Å². The first-order valence-corrected chi connectivity index (χ1v) is 11.1. The summed E-state index contributed by atoms with van der Waals surface area (Å²) in [6.45, 7) is 2.70. The number of nitro benzene ring substituents is 1. The first-order chi connectivity index (χ1) is 17.3. The second kappa shape index (κ2) is 10.5. The van der Waals surface area contributed by atoms with E-state index in [1.165, 1.54) is 12.1 Å². The third kappa shape index (κ3) is 5.56. The van der Waals surface area contributed by atoms with Crippen LogP contribution in [-0.2, 0) is 13.1 Å². The van der Waals surface area contributed by atoms with Gasteiger partial charge in [0.1, 0.15) is 5.82 Å². The maximum Gasteiger partial charge on any atom is 0.269 e. The number of non-ortho nitro benzene ring substituents is 1. The van der Waals surface area contributed by atoms with Crippen LogP contribution in [0.5, 0.6) is 0 Å². The van der Waals surface area contributed by atoms with E-state index in [-0.39, 0.29) is 23.7 Å². The number of carbonyl (C=O) groups excluding carboxylic acids is 1. The van der Waals surface area contributed by atoms with Crippen molar-refractivity contribution in [3.05, 3.63) is 110 Å². The lowest BCUT2D eigenvalue weighted by Crippen LogP contribution is -2.24. The zero-order chi connectivity index (χ0) is 25.7. The average molecular weight is 482 g/mol. The Kier molecular flexibility index (Phi) is 7.07. The van der Waals surface area contributed by atoms with Gasteiger partial charge < -0.3 is 15.2 Å². The van der Waals surface area contributed by atoms with E-state index in [2.05, 4.69) is 21.2 Å². The number of nitrogens with zero attached hydrogens (tertiary/aromatic N) is 3. The van der Waals surface area contributed by atoms with E-state index in [0.717, 1.165) is 11.3 Å². The second-order valence-electron chi connectivity index (χ2n) is 8.22. The minimum atomic E-state index is -0.472. The number of terminal acetylenes is 1. The molecule has 9 heteroatoms. The molecule has 2 N–H and O–H groups in total. The summed E-state index contributed by atoms with van der Waals surface area (Å²) < 4.78 is 0. The van der Waals surface area contributed by atoms with Crippen molar-refractivity contribution >= 4 is 28.2 Å². The van der Waals surface area contributed by atoms with Crippen LogP contribution in [0.3, 0.4) is 0 Å². The number of benzene rings is 3. The standard InChI is InChI=1S/C27H23N5O4/c1-3-13-31(17-20-7-12-25-24(15-20)27(34)30-18(2)29-25)22-10-8-21(9-11-22)26(33)28-16-19-5-4-6-23(14-19)32(35)36/h1,4-12,14-15H,13,16-17H2,2H3,(H,28,33)(H,29,30,34). The molecule has 0 spiro atoms. The lowest BCUT2D eigenvalue weighted by Gasteiger charge is -2.23. The van der Waals surface area contributed by atoms with Crippen LogP contribution in [0.4, 0.5) is 11.4 Å². The molecule has 180 valence electrons. The molecule has 0 aliphatic heterocycles. The number of nitro groups is 1. The molecule has 1 aromatic heterocycles. The Labute approximate surface area is 207 Å². The molecule has 36 heavy (non-hydrogen) atoms. The molecule has 1 amide bonds. The molecule has 0 unspecified atom stereocenters. The van der Waals surface area contributed by atoms with Crippen LogP contribution in [0.25, 0.3) is 10.9 Å². The predicted molar refractivity (Wildman–Crippen MR) is 138 cm³/mol. The molecule has 0 bridgehead atoms. The fourth-order valence-corrected chi connectivity index (χ4v) is 3.86. The minimum absolute atomic E-state index is 0.0258. The summed E-state index contributed by atoms with van der Waals surface area (Å²) in [6.07, 6.45) is 5.59. The smallest absolute Gasteiger partial charge is 0.269 e. The molecular formula is C27H23N5O4. The molecule has 0 radical (unpaired) electrons. The SMILES string of the molecule is C#CCN(Cc1ccc2nc(C)[nH]c(=O)c2c1)c1ccc(C(=O)NCc2cccc([N+](=O)[O-])c2)cc1. The number of aromatic amines is 1. The van der Waals surface area contributed by atoms with Gasteiger partial charge in [0.2, 0.25) is 0 Å². The van der Waals surface area contributed by atoms with Crippen molar-refractivity contribution in [1.82, 2.24) is 15.3 Å². The maximum absolute atomic E-state index is 12.6. The Morgan fingerprint density at radius 2 is 1.92 bits per heavy atom. The van der Waals surface area contributed by atoms with E-state index in [1.807, 2.05) is 17.0 Å². The van der Waals surface area contributed by atoms with E-state index < -0.39 is 4.92 Å². The molecule has 0 saturated carbocycles. The van der Waals surface area contributed by atoms with E-state index in [0.29, 0.717) is 40.9 Å². The van der Waals surface area contributed by atoms with Gasteiger partial charge in [-0.15, -0.1) is 6.42 Å². The van der Waals surface area contributed by atoms with E-state index in [4.69, 9.17) is 6.42 Å². The van der Waals surface area contributed by atoms with Crippen LogP contribution in [0.2, 0.25) is 0 Å². The van der Waals surface area contributed by atoms with Gasteiger partial charge in [0.05, 0.1) is 22.4 Å². The summed E-state index contributed by atoms with van der Waals surface area (Å²) in [5.74, 6) is 2.91. The normalized spacial score (nSPS) is 10.6. The molecule has 3 aromatic carbocycles. The zero-order valence-electron chi connectivity index (χ0n) is 19.5. The number of anilines is 1. The number of H-pyrrole nitrogens is 1. The van der Waals surface area contributed by atoms with Gasteiger partial charge in [0.25, 0.3) is 17.2 Å². The number of fused-ring (bicyclic) bond motifs is 1. The molecule has 9 nitrogen and oxygen atoms in total. The molecule has 0 saturated heterocycles.